The standard InChI is InChI=1S/C15H11BrClF2NO/c16-10-6-11(18)14(12(19)7-10)15(21)20-13(8-17)9-4-2-1-3-5-9/h1-7,13H,8H2,(H,20,21). The van der Waals surface area contributed by atoms with Crippen molar-refractivity contribution >= 4 is 33.4 Å². The summed E-state index contributed by atoms with van der Waals surface area (Å²) in [5.74, 6) is -2.61. The summed E-state index contributed by atoms with van der Waals surface area (Å²) in [4.78, 5) is 12.1. The van der Waals surface area contributed by atoms with Crippen LogP contribution in [-0.4, -0.2) is 11.8 Å². The second kappa shape index (κ2) is 7.00. The van der Waals surface area contributed by atoms with E-state index in [9.17, 15) is 13.6 Å². The zero-order valence-corrected chi connectivity index (χ0v) is 13.1. The molecule has 0 spiro atoms. The minimum absolute atomic E-state index is 0.0928. The molecule has 1 N–H and O–H groups in total. The van der Waals surface area contributed by atoms with Crippen molar-refractivity contribution in [3.8, 4) is 0 Å². The number of benzene rings is 2. The second-order valence-electron chi connectivity index (χ2n) is 4.34. The molecule has 2 rings (SSSR count). The van der Waals surface area contributed by atoms with Crippen molar-refractivity contribution in [2.24, 2.45) is 0 Å². The third-order valence-corrected chi connectivity index (χ3v) is 3.66. The number of alkyl halides is 1. The molecule has 0 aliphatic carbocycles. The van der Waals surface area contributed by atoms with Crippen LogP contribution in [0.5, 0.6) is 0 Å². The third kappa shape index (κ3) is 3.80. The highest BCUT2D eigenvalue weighted by molar-refractivity contribution is 9.10. The third-order valence-electron chi connectivity index (χ3n) is 2.90. The number of halogens is 4. The molecule has 110 valence electrons. The monoisotopic (exact) mass is 373 g/mol. The zero-order valence-electron chi connectivity index (χ0n) is 10.7. The van der Waals surface area contributed by atoms with E-state index in [1.165, 1.54) is 0 Å². The van der Waals surface area contributed by atoms with E-state index in [4.69, 9.17) is 11.6 Å². The molecule has 0 aliphatic heterocycles. The molecule has 0 aliphatic rings. The molecule has 0 radical (unpaired) electrons. The molecule has 0 saturated carbocycles. The number of carbonyl (C=O) groups is 1. The minimum Gasteiger partial charge on any atom is -0.344 e. The Labute approximate surface area is 134 Å². The number of nitrogens with one attached hydrogen (secondary N) is 1. The largest absolute Gasteiger partial charge is 0.344 e. The van der Waals surface area contributed by atoms with Gasteiger partial charge in [0.15, 0.2) is 0 Å². The molecule has 0 heterocycles. The lowest BCUT2D eigenvalue weighted by Gasteiger charge is -2.17. The maximum atomic E-state index is 13.8. The SMILES string of the molecule is O=C(NC(CCl)c1ccccc1)c1c(F)cc(Br)cc1F. The van der Waals surface area contributed by atoms with Crippen LogP contribution in [0.25, 0.3) is 0 Å². The normalized spacial score (nSPS) is 12.0. The van der Waals surface area contributed by atoms with Gasteiger partial charge < -0.3 is 5.32 Å². The molecular weight excluding hydrogens is 364 g/mol. The minimum atomic E-state index is -0.930. The number of hydrogen-bond donors (Lipinski definition) is 1. The molecule has 0 bridgehead atoms. The summed E-state index contributed by atoms with van der Waals surface area (Å²) < 4.78 is 27.7. The van der Waals surface area contributed by atoms with Crippen LogP contribution >= 0.6 is 27.5 Å². The van der Waals surface area contributed by atoms with Crippen LogP contribution < -0.4 is 5.32 Å². The van der Waals surface area contributed by atoms with E-state index in [0.717, 1.165) is 17.7 Å². The Morgan fingerprint density at radius 1 is 1.19 bits per heavy atom. The number of rotatable bonds is 4. The Kier molecular flexibility index (Phi) is 5.31. The summed E-state index contributed by atoms with van der Waals surface area (Å²) in [5.41, 5.74) is 0.142. The molecule has 0 fully saturated rings. The first-order chi connectivity index (χ1) is 10.0. The van der Waals surface area contributed by atoms with Gasteiger partial charge in [0.1, 0.15) is 17.2 Å². The Morgan fingerprint density at radius 2 is 1.76 bits per heavy atom. The summed E-state index contributed by atoms with van der Waals surface area (Å²) in [7, 11) is 0. The van der Waals surface area contributed by atoms with Crippen molar-refractivity contribution in [2.75, 3.05) is 5.88 Å². The highest BCUT2D eigenvalue weighted by Gasteiger charge is 2.21. The lowest BCUT2D eigenvalue weighted by Crippen LogP contribution is -2.31. The molecule has 1 unspecified atom stereocenters. The van der Waals surface area contributed by atoms with E-state index in [0.29, 0.717) is 0 Å². The molecule has 2 nitrogen and oxygen atoms in total. The van der Waals surface area contributed by atoms with Gasteiger partial charge in [-0.1, -0.05) is 46.3 Å². The Balaban J connectivity index is 2.25. The fraction of sp³-hybridized carbons (Fsp3) is 0.133. The number of carbonyl (C=O) groups excluding carboxylic acids is 1. The average Bonchev–Trinajstić information content (AvgIpc) is 2.44. The van der Waals surface area contributed by atoms with Crippen molar-refractivity contribution in [3.05, 3.63) is 69.7 Å². The van der Waals surface area contributed by atoms with E-state index in [1.54, 1.807) is 24.3 Å². The van der Waals surface area contributed by atoms with E-state index in [2.05, 4.69) is 21.2 Å². The van der Waals surface area contributed by atoms with Crippen LogP contribution in [0.1, 0.15) is 22.0 Å². The Bertz CT molecular complexity index is 628. The van der Waals surface area contributed by atoms with Gasteiger partial charge in [0.25, 0.3) is 5.91 Å². The molecule has 1 atom stereocenters. The summed E-state index contributed by atoms with van der Waals surface area (Å²) in [6.45, 7) is 0. The topological polar surface area (TPSA) is 29.1 Å². The van der Waals surface area contributed by atoms with Gasteiger partial charge in [0, 0.05) is 10.4 Å². The van der Waals surface area contributed by atoms with Crippen molar-refractivity contribution in [3.63, 3.8) is 0 Å². The highest BCUT2D eigenvalue weighted by atomic mass is 79.9. The molecule has 0 aromatic heterocycles. The van der Waals surface area contributed by atoms with Gasteiger partial charge in [0.2, 0.25) is 0 Å². The lowest BCUT2D eigenvalue weighted by molar-refractivity contribution is 0.0932. The van der Waals surface area contributed by atoms with Crippen molar-refractivity contribution in [1.82, 2.24) is 5.32 Å². The maximum Gasteiger partial charge on any atom is 0.257 e. The molecule has 21 heavy (non-hydrogen) atoms. The van der Waals surface area contributed by atoms with Crippen molar-refractivity contribution in [2.45, 2.75) is 6.04 Å². The second-order valence-corrected chi connectivity index (χ2v) is 5.56. The fourth-order valence-corrected chi connectivity index (χ4v) is 2.54. The van der Waals surface area contributed by atoms with Gasteiger partial charge in [-0.05, 0) is 17.7 Å². The average molecular weight is 375 g/mol. The van der Waals surface area contributed by atoms with E-state index in [1.807, 2.05) is 6.07 Å². The highest BCUT2D eigenvalue weighted by Crippen LogP contribution is 2.21. The first-order valence-corrected chi connectivity index (χ1v) is 7.42. The molecule has 6 heteroatoms. The first-order valence-electron chi connectivity index (χ1n) is 6.09. The van der Waals surface area contributed by atoms with Crippen LogP contribution in [-0.2, 0) is 0 Å². The van der Waals surface area contributed by atoms with Gasteiger partial charge in [-0.25, -0.2) is 8.78 Å². The quantitative estimate of drug-likeness (QED) is 0.788. The first kappa shape index (κ1) is 15.9. The maximum absolute atomic E-state index is 13.8. The van der Waals surface area contributed by atoms with E-state index in [-0.39, 0.29) is 10.4 Å². The van der Waals surface area contributed by atoms with Crippen LogP contribution in [0.15, 0.2) is 46.9 Å². The van der Waals surface area contributed by atoms with Crippen LogP contribution in [0.4, 0.5) is 8.78 Å². The van der Waals surface area contributed by atoms with Gasteiger partial charge >= 0.3 is 0 Å². The smallest absolute Gasteiger partial charge is 0.257 e. The van der Waals surface area contributed by atoms with Crippen LogP contribution in [0.3, 0.4) is 0 Å². The van der Waals surface area contributed by atoms with Crippen LogP contribution in [0, 0.1) is 11.6 Å². The summed E-state index contributed by atoms with van der Waals surface area (Å²) in [6.07, 6.45) is 0. The number of hydrogen-bond acceptors (Lipinski definition) is 1. The van der Waals surface area contributed by atoms with Crippen molar-refractivity contribution < 1.29 is 13.6 Å². The molecule has 2 aromatic carbocycles. The Hall–Kier alpha value is -1.46. The van der Waals surface area contributed by atoms with E-state index < -0.39 is 29.1 Å². The summed E-state index contributed by atoms with van der Waals surface area (Å²) in [6, 6.07) is 10.5. The van der Waals surface area contributed by atoms with E-state index >= 15 is 0 Å². The zero-order chi connectivity index (χ0) is 15.4. The summed E-state index contributed by atoms with van der Waals surface area (Å²) in [5, 5.41) is 2.53. The Morgan fingerprint density at radius 3 is 2.29 bits per heavy atom. The van der Waals surface area contributed by atoms with Crippen LogP contribution in [0.2, 0.25) is 0 Å². The molecule has 2 aromatic rings. The number of amides is 1. The van der Waals surface area contributed by atoms with Crippen molar-refractivity contribution in [1.29, 1.82) is 0 Å². The van der Waals surface area contributed by atoms with Gasteiger partial charge in [-0.2, -0.15) is 0 Å². The van der Waals surface area contributed by atoms with Gasteiger partial charge in [-0.3, -0.25) is 4.79 Å². The van der Waals surface area contributed by atoms with Gasteiger partial charge in [0.05, 0.1) is 6.04 Å². The lowest BCUT2D eigenvalue weighted by atomic mass is 10.1. The summed E-state index contributed by atoms with van der Waals surface area (Å²) >= 11 is 8.79. The fourth-order valence-electron chi connectivity index (χ4n) is 1.89. The molecule has 1 amide bonds. The molecular formula is C15H11BrClF2NO. The predicted molar refractivity (Wildman–Crippen MR) is 81.4 cm³/mol. The molecule has 0 saturated heterocycles. The predicted octanol–water partition coefficient (Wildman–Crippen LogP) is 4.44. The van der Waals surface area contributed by atoms with Gasteiger partial charge in [-0.15, -0.1) is 11.6 Å².